The Balaban J connectivity index is 1.84. The molecule has 0 radical (unpaired) electrons. The molecule has 2 aromatic heterocycles. The van der Waals surface area contributed by atoms with Crippen molar-refractivity contribution in [2.24, 2.45) is 0 Å². The molecule has 5 nitrogen and oxygen atoms in total. The smallest absolute Gasteiger partial charge is 0.188 e. The van der Waals surface area contributed by atoms with Crippen molar-refractivity contribution in [3.63, 3.8) is 0 Å². The zero-order chi connectivity index (χ0) is 13.2. The summed E-state index contributed by atoms with van der Waals surface area (Å²) in [4.78, 5) is 13.6. The summed E-state index contributed by atoms with van der Waals surface area (Å²) in [6.45, 7) is 6.02. The fourth-order valence-corrected chi connectivity index (χ4v) is 2.93. The minimum atomic E-state index is 0.429. The molecule has 6 heteroatoms. The van der Waals surface area contributed by atoms with E-state index in [4.69, 9.17) is 0 Å². The summed E-state index contributed by atoms with van der Waals surface area (Å²) in [6.07, 6.45) is 1.11. The van der Waals surface area contributed by atoms with Crippen LogP contribution in [0.4, 0.5) is 10.9 Å². The monoisotopic (exact) mass is 275 g/mol. The summed E-state index contributed by atoms with van der Waals surface area (Å²) in [7, 11) is 0. The van der Waals surface area contributed by atoms with Crippen molar-refractivity contribution in [1.29, 1.82) is 0 Å². The second kappa shape index (κ2) is 5.22. The minimum absolute atomic E-state index is 0.429. The lowest BCUT2D eigenvalue weighted by molar-refractivity contribution is 0.698. The van der Waals surface area contributed by atoms with Crippen LogP contribution >= 0.6 is 11.3 Å². The van der Waals surface area contributed by atoms with Gasteiger partial charge in [0.25, 0.3) is 0 Å². The second-order valence-corrected chi connectivity index (χ2v) is 5.72. The SMILES string of the molecule is Cc1cc(Nc2nc(C)cs2)nc([C@@H]2CCNC2)n1. The van der Waals surface area contributed by atoms with Gasteiger partial charge in [-0.05, 0) is 26.8 Å². The first-order valence-corrected chi connectivity index (χ1v) is 7.34. The van der Waals surface area contributed by atoms with E-state index >= 15 is 0 Å². The van der Waals surface area contributed by atoms with Crippen molar-refractivity contribution in [2.45, 2.75) is 26.2 Å². The highest BCUT2D eigenvalue weighted by molar-refractivity contribution is 7.13. The topological polar surface area (TPSA) is 62.7 Å². The molecule has 3 heterocycles. The molecule has 1 aliphatic heterocycles. The highest BCUT2D eigenvalue weighted by Gasteiger charge is 2.20. The molecule has 0 unspecified atom stereocenters. The highest BCUT2D eigenvalue weighted by atomic mass is 32.1. The molecule has 0 amide bonds. The van der Waals surface area contributed by atoms with Crippen LogP contribution in [0, 0.1) is 13.8 Å². The minimum Gasteiger partial charge on any atom is -0.316 e. The Morgan fingerprint density at radius 1 is 1.26 bits per heavy atom. The van der Waals surface area contributed by atoms with Crippen LogP contribution in [0.15, 0.2) is 11.4 Å². The predicted molar refractivity (Wildman–Crippen MR) is 77.1 cm³/mol. The molecular formula is C13H17N5S. The lowest BCUT2D eigenvalue weighted by Gasteiger charge is -2.10. The number of nitrogens with one attached hydrogen (secondary N) is 2. The average molecular weight is 275 g/mol. The molecule has 19 heavy (non-hydrogen) atoms. The molecule has 0 spiro atoms. The summed E-state index contributed by atoms with van der Waals surface area (Å²) in [5.41, 5.74) is 2.02. The molecular weight excluding hydrogens is 258 g/mol. The van der Waals surface area contributed by atoms with Gasteiger partial charge in [-0.2, -0.15) is 0 Å². The van der Waals surface area contributed by atoms with E-state index in [1.165, 1.54) is 0 Å². The van der Waals surface area contributed by atoms with E-state index < -0.39 is 0 Å². The fourth-order valence-electron chi connectivity index (χ4n) is 2.23. The van der Waals surface area contributed by atoms with E-state index in [1.54, 1.807) is 11.3 Å². The standard InChI is InChI=1S/C13H17N5S/c1-8-5-11(18-13-16-9(2)7-19-13)17-12(15-8)10-3-4-14-6-10/h5,7,10,14H,3-4,6H2,1-2H3,(H,15,16,17,18)/t10-/m1/s1. The van der Waals surface area contributed by atoms with Crippen LogP contribution in [0.5, 0.6) is 0 Å². The van der Waals surface area contributed by atoms with Gasteiger partial charge in [-0.15, -0.1) is 11.3 Å². The van der Waals surface area contributed by atoms with Gasteiger partial charge in [0.1, 0.15) is 11.6 Å². The van der Waals surface area contributed by atoms with Crippen LogP contribution in [0.25, 0.3) is 0 Å². The highest BCUT2D eigenvalue weighted by Crippen LogP contribution is 2.23. The van der Waals surface area contributed by atoms with Gasteiger partial charge in [-0.25, -0.2) is 15.0 Å². The van der Waals surface area contributed by atoms with Gasteiger partial charge in [0, 0.05) is 29.6 Å². The normalized spacial score (nSPS) is 18.7. The summed E-state index contributed by atoms with van der Waals surface area (Å²) in [5, 5.41) is 9.52. The van der Waals surface area contributed by atoms with E-state index in [2.05, 4.69) is 25.6 Å². The quantitative estimate of drug-likeness (QED) is 0.900. The number of anilines is 2. The Hall–Kier alpha value is -1.53. The molecule has 1 aliphatic rings. The third-order valence-corrected chi connectivity index (χ3v) is 4.03. The summed E-state index contributed by atoms with van der Waals surface area (Å²) in [6, 6.07) is 1.96. The van der Waals surface area contributed by atoms with Crippen LogP contribution in [0.3, 0.4) is 0 Å². The van der Waals surface area contributed by atoms with E-state index in [-0.39, 0.29) is 0 Å². The molecule has 2 aromatic rings. The Morgan fingerprint density at radius 2 is 2.16 bits per heavy atom. The molecule has 3 rings (SSSR count). The van der Waals surface area contributed by atoms with Crippen molar-refractivity contribution in [1.82, 2.24) is 20.3 Å². The number of thiazole rings is 1. The molecule has 0 bridgehead atoms. The number of rotatable bonds is 3. The predicted octanol–water partition coefficient (Wildman–Crippen LogP) is 2.37. The first-order chi connectivity index (χ1) is 9.20. The molecule has 2 N–H and O–H groups in total. The first-order valence-electron chi connectivity index (χ1n) is 6.46. The van der Waals surface area contributed by atoms with Gasteiger partial charge < -0.3 is 10.6 Å². The molecule has 1 saturated heterocycles. The van der Waals surface area contributed by atoms with Crippen LogP contribution in [-0.2, 0) is 0 Å². The van der Waals surface area contributed by atoms with E-state index in [0.29, 0.717) is 5.92 Å². The Kier molecular flexibility index (Phi) is 3.44. The number of hydrogen-bond donors (Lipinski definition) is 2. The molecule has 1 atom stereocenters. The van der Waals surface area contributed by atoms with Gasteiger partial charge in [-0.1, -0.05) is 0 Å². The van der Waals surface area contributed by atoms with Crippen molar-refractivity contribution in [3.05, 3.63) is 28.7 Å². The Morgan fingerprint density at radius 3 is 2.84 bits per heavy atom. The van der Waals surface area contributed by atoms with Gasteiger partial charge in [0.15, 0.2) is 5.13 Å². The number of aromatic nitrogens is 3. The van der Waals surface area contributed by atoms with Crippen LogP contribution in [-0.4, -0.2) is 28.0 Å². The van der Waals surface area contributed by atoms with Crippen LogP contribution < -0.4 is 10.6 Å². The lowest BCUT2D eigenvalue weighted by atomic mass is 10.1. The zero-order valence-corrected chi connectivity index (χ0v) is 11.9. The summed E-state index contributed by atoms with van der Waals surface area (Å²) >= 11 is 1.59. The molecule has 1 fully saturated rings. The maximum absolute atomic E-state index is 4.62. The van der Waals surface area contributed by atoms with Gasteiger partial charge >= 0.3 is 0 Å². The van der Waals surface area contributed by atoms with Gasteiger partial charge in [-0.3, -0.25) is 0 Å². The second-order valence-electron chi connectivity index (χ2n) is 4.86. The maximum atomic E-state index is 4.62. The number of aryl methyl sites for hydroxylation is 2. The van der Waals surface area contributed by atoms with Crippen LogP contribution in [0.2, 0.25) is 0 Å². The van der Waals surface area contributed by atoms with Crippen molar-refractivity contribution >= 4 is 22.3 Å². The molecule has 0 aliphatic carbocycles. The van der Waals surface area contributed by atoms with Crippen molar-refractivity contribution < 1.29 is 0 Å². The first kappa shape index (κ1) is 12.5. The van der Waals surface area contributed by atoms with Crippen molar-refractivity contribution in [3.8, 4) is 0 Å². The average Bonchev–Trinajstić information content (AvgIpc) is 3.00. The molecule has 0 saturated carbocycles. The van der Waals surface area contributed by atoms with Crippen LogP contribution in [0.1, 0.15) is 29.6 Å². The molecule has 100 valence electrons. The van der Waals surface area contributed by atoms with E-state index in [1.807, 2.05) is 25.3 Å². The fraction of sp³-hybridized carbons (Fsp3) is 0.462. The third kappa shape index (κ3) is 2.90. The number of hydrogen-bond acceptors (Lipinski definition) is 6. The summed E-state index contributed by atoms with van der Waals surface area (Å²) in [5.74, 6) is 2.20. The van der Waals surface area contributed by atoms with Gasteiger partial charge in [0.2, 0.25) is 0 Å². The van der Waals surface area contributed by atoms with E-state index in [9.17, 15) is 0 Å². The van der Waals surface area contributed by atoms with E-state index in [0.717, 1.165) is 47.7 Å². The van der Waals surface area contributed by atoms with Crippen molar-refractivity contribution in [2.75, 3.05) is 18.4 Å². The third-order valence-electron chi connectivity index (χ3n) is 3.15. The zero-order valence-electron chi connectivity index (χ0n) is 11.1. The lowest BCUT2D eigenvalue weighted by Crippen LogP contribution is -2.11. The Bertz CT molecular complexity index is 574. The maximum Gasteiger partial charge on any atom is 0.188 e. The number of nitrogens with zero attached hydrogens (tertiary/aromatic N) is 3. The summed E-state index contributed by atoms with van der Waals surface area (Å²) < 4.78 is 0. The molecule has 0 aromatic carbocycles. The largest absolute Gasteiger partial charge is 0.316 e. The Labute approximate surface area is 116 Å². The van der Waals surface area contributed by atoms with Gasteiger partial charge in [0.05, 0.1) is 5.69 Å².